The van der Waals surface area contributed by atoms with E-state index in [0.29, 0.717) is 11.3 Å². The molecule has 0 amide bonds. The van der Waals surface area contributed by atoms with Gasteiger partial charge >= 0.3 is 0 Å². The summed E-state index contributed by atoms with van der Waals surface area (Å²) in [6.07, 6.45) is 0.163. The van der Waals surface area contributed by atoms with E-state index in [9.17, 15) is 13.9 Å². The summed E-state index contributed by atoms with van der Waals surface area (Å²) in [5, 5.41) is 10.0. The molecular formula is C14H19F2NO2. The molecular weight excluding hydrogens is 252 g/mol. The lowest BCUT2D eigenvalue weighted by Crippen LogP contribution is -2.42. The molecule has 0 heterocycles. The number of rotatable bonds is 3. The minimum absolute atomic E-state index is 0.0940. The fourth-order valence-corrected chi connectivity index (χ4v) is 2.74. The van der Waals surface area contributed by atoms with Crippen LogP contribution in [0.4, 0.5) is 8.78 Å². The van der Waals surface area contributed by atoms with Gasteiger partial charge < -0.3 is 15.6 Å². The Hall–Kier alpha value is -1.36. The Balaban J connectivity index is 2.37. The van der Waals surface area contributed by atoms with Crippen LogP contribution in [0, 0.1) is 0 Å². The number of aromatic hydroxyl groups is 1. The largest absolute Gasteiger partial charge is 0.508 e. The Morgan fingerprint density at radius 1 is 1.26 bits per heavy atom. The third-order valence-corrected chi connectivity index (χ3v) is 4.10. The third-order valence-electron chi connectivity index (χ3n) is 4.10. The van der Waals surface area contributed by atoms with Crippen LogP contribution >= 0.6 is 0 Å². The van der Waals surface area contributed by atoms with Crippen LogP contribution in [-0.4, -0.2) is 24.7 Å². The molecule has 0 aromatic heterocycles. The summed E-state index contributed by atoms with van der Waals surface area (Å²) in [6.45, 7) is 0.240. The molecule has 5 heteroatoms. The normalized spacial score (nSPS) is 21.1. The number of hydrogen-bond donors (Lipinski definition) is 2. The lowest BCUT2D eigenvalue weighted by atomic mass is 9.68. The van der Waals surface area contributed by atoms with Crippen molar-refractivity contribution in [3.63, 3.8) is 0 Å². The highest BCUT2D eigenvalue weighted by Gasteiger charge is 2.44. The van der Waals surface area contributed by atoms with Gasteiger partial charge in [0.05, 0.1) is 7.11 Å². The van der Waals surface area contributed by atoms with Gasteiger partial charge in [-0.2, -0.15) is 0 Å². The second-order valence-corrected chi connectivity index (χ2v) is 5.22. The predicted octanol–water partition coefficient (Wildman–Crippen LogP) is 2.81. The van der Waals surface area contributed by atoms with Crippen LogP contribution in [0.25, 0.3) is 0 Å². The molecule has 106 valence electrons. The highest BCUT2D eigenvalue weighted by molar-refractivity contribution is 5.45. The quantitative estimate of drug-likeness (QED) is 0.888. The Bertz CT molecular complexity index is 453. The molecule has 1 aromatic carbocycles. The van der Waals surface area contributed by atoms with E-state index in [4.69, 9.17) is 10.5 Å². The zero-order valence-electron chi connectivity index (χ0n) is 11.0. The van der Waals surface area contributed by atoms with E-state index >= 15 is 0 Å². The van der Waals surface area contributed by atoms with Crippen LogP contribution < -0.4 is 10.5 Å². The van der Waals surface area contributed by atoms with Crippen LogP contribution in [-0.2, 0) is 5.41 Å². The zero-order valence-corrected chi connectivity index (χ0v) is 11.0. The van der Waals surface area contributed by atoms with Crippen LogP contribution in [0.3, 0.4) is 0 Å². The minimum Gasteiger partial charge on any atom is -0.508 e. The first kappa shape index (κ1) is 14.1. The van der Waals surface area contributed by atoms with E-state index in [0.717, 1.165) is 0 Å². The lowest BCUT2D eigenvalue weighted by Gasteiger charge is -2.40. The number of phenolic OH excluding ortho intramolecular Hbond substituents is 1. The first-order valence-electron chi connectivity index (χ1n) is 6.38. The van der Waals surface area contributed by atoms with Gasteiger partial charge in [0.2, 0.25) is 5.92 Å². The smallest absolute Gasteiger partial charge is 0.248 e. The number of hydrogen-bond acceptors (Lipinski definition) is 3. The molecule has 3 N–H and O–H groups in total. The SMILES string of the molecule is COc1ccc(O)c(C2(CN)CCC(F)(F)CC2)c1. The van der Waals surface area contributed by atoms with Crippen molar-refractivity contribution in [1.29, 1.82) is 0 Å². The summed E-state index contributed by atoms with van der Waals surface area (Å²) in [6, 6.07) is 4.87. The lowest BCUT2D eigenvalue weighted by molar-refractivity contribution is -0.0511. The molecule has 3 nitrogen and oxygen atoms in total. The summed E-state index contributed by atoms with van der Waals surface area (Å²) in [4.78, 5) is 0. The van der Waals surface area contributed by atoms with Gasteiger partial charge in [-0.05, 0) is 31.0 Å². The maximum atomic E-state index is 13.3. The average molecular weight is 271 g/mol. The Kier molecular flexibility index (Phi) is 3.67. The summed E-state index contributed by atoms with van der Waals surface area (Å²) in [7, 11) is 1.53. The molecule has 2 rings (SSSR count). The van der Waals surface area contributed by atoms with Crippen molar-refractivity contribution in [3.05, 3.63) is 23.8 Å². The van der Waals surface area contributed by atoms with Crippen molar-refractivity contribution in [2.45, 2.75) is 37.0 Å². The maximum Gasteiger partial charge on any atom is 0.248 e. The average Bonchev–Trinajstić information content (AvgIpc) is 2.40. The van der Waals surface area contributed by atoms with E-state index in [2.05, 4.69) is 0 Å². The second kappa shape index (κ2) is 4.96. The Morgan fingerprint density at radius 2 is 1.89 bits per heavy atom. The van der Waals surface area contributed by atoms with Gasteiger partial charge in [0.1, 0.15) is 11.5 Å². The highest BCUT2D eigenvalue weighted by atomic mass is 19.3. The predicted molar refractivity (Wildman–Crippen MR) is 68.8 cm³/mol. The molecule has 1 aliphatic carbocycles. The molecule has 0 unspecified atom stereocenters. The van der Waals surface area contributed by atoms with Gasteiger partial charge in [-0.25, -0.2) is 8.78 Å². The molecule has 0 atom stereocenters. The fraction of sp³-hybridized carbons (Fsp3) is 0.571. The van der Waals surface area contributed by atoms with Crippen molar-refractivity contribution >= 4 is 0 Å². The van der Waals surface area contributed by atoms with Crippen molar-refractivity contribution < 1.29 is 18.6 Å². The van der Waals surface area contributed by atoms with Crippen molar-refractivity contribution in [1.82, 2.24) is 0 Å². The van der Waals surface area contributed by atoms with Gasteiger partial charge in [-0.1, -0.05) is 0 Å². The number of halogens is 2. The van der Waals surface area contributed by atoms with Gasteiger partial charge in [0, 0.05) is 30.4 Å². The molecule has 19 heavy (non-hydrogen) atoms. The summed E-state index contributed by atoms with van der Waals surface area (Å²) in [5.74, 6) is -1.93. The van der Waals surface area contributed by atoms with E-state index < -0.39 is 11.3 Å². The number of nitrogens with two attached hydrogens (primary N) is 1. The molecule has 0 aliphatic heterocycles. The van der Waals surface area contributed by atoms with Gasteiger partial charge in [-0.15, -0.1) is 0 Å². The summed E-state index contributed by atoms with van der Waals surface area (Å²) in [5.41, 5.74) is 5.86. The van der Waals surface area contributed by atoms with E-state index in [-0.39, 0.29) is 38.0 Å². The molecule has 0 saturated heterocycles. The molecule has 0 bridgehead atoms. The number of phenols is 1. The molecule has 0 radical (unpaired) electrons. The number of alkyl halides is 2. The number of ether oxygens (including phenoxy) is 1. The molecule has 0 spiro atoms. The fourth-order valence-electron chi connectivity index (χ4n) is 2.74. The standard InChI is InChI=1S/C14H19F2NO2/c1-19-10-2-3-12(18)11(8-10)13(9-17)4-6-14(15,16)7-5-13/h2-3,8,18H,4-7,9,17H2,1H3. The molecule has 1 aromatic rings. The minimum atomic E-state index is -2.62. The van der Waals surface area contributed by atoms with Crippen molar-refractivity contribution in [3.8, 4) is 11.5 Å². The third kappa shape index (κ3) is 2.66. The second-order valence-electron chi connectivity index (χ2n) is 5.22. The van der Waals surface area contributed by atoms with Crippen LogP contribution in [0.1, 0.15) is 31.2 Å². The molecule has 1 aliphatic rings. The highest BCUT2D eigenvalue weighted by Crippen LogP contribution is 2.47. The molecule has 1 fully saturated rings. The first-order chi connectivity index (χ1) is 8.92. The van der Waals surface area contributed by atoms with Crippen molar-refractivity contribution in [2.24, 2.45) is 5.73 Å². The summed E-state index contributed by atoms with van der Waals surface area (Å²) >= 11 is 0. The van der Waals surface area contributed by atoms with E-state index in [1.54, 1.807) is 12.1 Å². The molecule has 1 saturated carbocycles. The first-order valence-corrected chi connectivity index (χ1v) is 6.38. The van der Waals surface area contributed by atoms with E-state index in [1.165, 1.54) is 13.2 Å². The monoisotopic (exact) mass is 271 g/mol. The topological polar surface area (TPSA) is 55.5 Å². The maximum absolute atomic E-state index is 13.3. The summed E-state index contributed by atoms with van der Waals surface area (Å²) < 4.78 is 31.8. The Morgan fingerprint density at radius 3 is 2.42 bits per heavy atom. The van der Waals surface area contributed by atoms with Crippen LogP contribution in [0.2, 0.25) is 0 Å². The number of benzene rings is 1. The van der Waals surface area contributed by atoms with Gasteiger partial charge in [0.15, 0.2) is 0 Å². The van der Waals surface area contributed by atoms with Crippen molar-refractivity contribution in [2.75, 3.05) is 13.7 Å². The van der Waals surface area contributed by atoms with E-state index in [1.807, 2.05) is 0 Å². The van der Waals surface area contributed by atoms with Gasteiger partial charge in [0.25, 0.3) is 0 Å². The number of methoxy groups -OCH3 is 1. The zero-order chi connectivity index (χ0) is 14.1. The van der Waals surface area contributed by atoms with Crippen LogP contribution in [0.15, 0.2) is 18.2 Å². The van der Waals surface area contributed by atoms with Crippen LogP contribution in [0.5, 0.6) is 11.5 Å². The van der Waals surface area contributed by atoms with Gasteiger partial charge in [-0.3, -0.25) is 0 Å². The Labute approximate surface area is 111 Å².